The van der Waals surface area contributed by atoms with Crippen molar-refractivity contribution in [2.75, 3.05) is 6.54 Å². The van der Waals surface area contributed by atoms with Crippen molar-refractivity contribution in [1.29, 1.82) is 0 Å². The van der Waals surface area contributed by atoms with E-state index in [9.17, 15) is 9.59 Å². The van der Waals surface area contributed by atoms with Gasteiger partial charge in [-0.1, -0.05) is 25.4 Å². The Morgan fingerprint density at radius 1 is 1.38 bits per heavy atom. The molecule has 0 aliphatic carbocycles. The molecular weight excluding hydrogens is 358 g/mol. The summed E-state index contributed by atoms with van der Waals surface area (Å²) in [6, 6.07) is 4.98. The normalized spacial score (nSPS) is 12.2. The van der Waals surface area contributed by atoms with Gasteiger partial charge in [0.15, 0.2) is 0 Å². The summed E-state index contributed by atoms with van der Waals surface area (Å²) in [6.45, 7) is 4.40. The highest BCUT2D eigenvalue weighted by Gasteiger charge is 2.17. The Bertz CT molecular complexity index is 520. The Kier molecular flexibility index (Phi) is 7.18. The first kappa shape index (κ1) is 18.0. The molecule has 0 aliphatic heterocycles. The fourth-order valence-electron chi connectivity index (χ4n) is 2.16. The van der Waals surface area contributed by atoms with E-state index in [0.717, 1.165) is 6.42 Å². The third kappa shape index (κ3) is 6.48. The zero-order valence-corrected chi connectivity index (χ0v) is 14.4. The van der Waals surface area contributed by atoms with Gasteiger partial charge >= 0.3 is 5.97 Å². The molecule has 0 aromatic heterocycles. The lowest BCUT2D eigenvalue weighted by atomic mass is 9.94. The quantitative estimate of drug-likeness (QED) is 0.756. The summed E-state index contributed by atoms with van der Waals surface area (Å²) in [5.41, 5.74) is 0.445. The molecule has 0 saturated heterocycles. The molecule has 2 N–H and O–H groups in total. The van der Waals surface area contributed by atoms with Crippen LogP contribution in [0.2, 0.25) is 5.02 Å². The van der Waals surface area contributed by atoms with Crippen molar-refractivity contribution in [3.63, 3.8) is 0 Å². The minimum Gasteiger partial charge on any atom is -0.481 e. The second-order valence-electron chi connectivity index (χ2n) is 5.43. The third-order valence-electron chi connectivity index (χ3n) is 2.99. The third-order valence-corrected chi connectivity index (χ3v) is 3.92. The number of amides is 1. The van der Waals surface area contributed by atoms with E-state index in [4.69, 9.17) is 16.7 Å². The van der Waals surface area contributed by atoms with Crippen molar-refractivity contribution in [2.45, 2.75) is 26.7 Å². The maximum Gasteiger partial charge on any atom is 0.303 e. The zero-order valence-electron chi connectivity index (χ0n) is 12.0. The molecule has 0 radical (unpaired) electrons. The van der Waals surface area contributed by atoms with Crippen LogP contribution < -0.4 is 5.32 Å². The number of carboxylic acid groups (broad SMARTS) is 1. The van der Waals surface area contributed by atoms with Gasteiger partial charge in [0, 0.05) is 22.5 Å². The molecule has 4 nitrogen and oxygen atoms in total. The van der Waals surface area contributed by atoms with Crippen LogP contribution in [0.25, 0.3) is 0 Å². The number of nitrogens with one attached hydrogen (secondary N) is 1. The average Bonchev–Trinajstić information content (AvgIpc) is 2.37. The standard InChI is InChI=1S/C15H19BrClNO3/c1-9(2)5-10(6-14(19)20)8-18-15(21)12-7-11(17)3-4-13(12)16/h3-4,7,9-10H,5-6,8H2,1-2H3,(H,18,21)(H,19,20)/t10-/m0/s1. The first-order chi connectivity index (χ1) is 9.79. The van der Waals surface area contributed by atoms with E-state index in [1.54, 1.807) is 18.2 Å². The molecule has 6 heteroatoms. The van der Waals surface area contributed by atoms with Gasteiger partial charge < -0.3 is 10.4 Å². The molecule has 1 aromatic carbocycles. The summed E-state index contributed by atoms with van der Waals surface area (Å²) >= 11 is 9.19. The summed E-state index contributed by atoms with van der Waals surface area (Å²) < 4.78 is 0.656. The molecule has 0 fully saturated rings. The van der Waals surface area contributed by atoms with E-state index in [-0.39, 0.29) is 18.2 Å². The lowest BCUT2D eigenvalue weighted by Gasteiger charge is -2.18. The first-order valence-corrected chi connectivity index (χ1v) is 7.91. The van der Waals surface area contributed by atoms with Gasteiger partial charge in [0.1, 0.15) is 0 Å². The molecule has 1 rings (SSSR count). The van der Waals surface area contributed by atoms with Gasteiger partial charge in [0.2, 0.25) is 0 Å². The monoisotopic (exact) mass is 375 g/mol. The first-order valence-electron chi connectivity index (χ1n) is 6.74. The van der Waals surface area contributed by atoms with Gasteiger partial charge in [-0.3, -0.25) is 9.59 Å². The second kappa shape index (κ2) is 8.39. The number of hydrogen-bond donors (Lipinski definition) is 2. The van der Waals surface area contributed by atoms with Crippen molar-refractivity contribution < 1.29 is 14.7 Å². The van der Waals surface area contributed by atoms with Crippen LogP contribution in [0.4, 0.5) is 0 Å². The minimum absolute atomic E-state index is 0.0508. The summed E-state index contributed by atoms with van der Waals surface area (Å²) in [6.07, 6.45) is 0.804. The highest BCUT2D eigenvalue weighted by atomic mass is 79.9. The predicted molar refractivity (Wildman–Crippen MR) is 86.7 cm³/mol. The van der Waals surface area contributed by atoms with E-state index in [1.807, 2.05) is 13.8 Å². The molecule has 1 amide bonds. The topological polar surface area (TPSA) is 66.4 Å². The average molecular weight is 377 g/mol. The number of carboxylic acids is 1. The van der Waals surface area contributed by atoms with Crippen molar-refractivity contribution in [3.8, 4) is 0 Å². The molecule has 0 heterocycles. The summed E-state index contributed by atoms with van der Waals surface area (Å²) in [5, 5.41) is 12.2. The van der Waals surface area contributed by atoms with E-state index < -0.39 is 5.97 Å². The molecular formula is C15H19BrClNO3. The van der Waals surface area contributed by atoms with Gasteiger partial charge in [-0.05, 0) is 52.4 Å². The summed E-state index contributed by atoms with van der Waals surface area (Å²) in [7, 11) is 0. The van der Waals surface area contributed by atoms with Gasteiger partial charge in [0.25, 0.3) is 5.91 Å². The number of benzene rings is 1. The lowest BCUT2D eigenvalue weighted by molar-refractivity contribution is -0.138. The lowest BCUT2D eigenvalue weighted by Crippen LogP contribution is -2.31. The summed E-state index contributed by atoms with van der Waals surface area (Å²) in [4.78, 5) is 23.0. The van der Waals surface area contributed by atoms with Gasteiger partial charge in [-0.25, -0.2) is 0 Å². The number of halogens is 2. The van der Waals surface area contributed by atoms with E-state index in [0.29, 0.717) is 27.5 Å². The SMILES string of the molecule is CC(C)C[C@H](CNC(=O)c1cc(Cl)ccc1Br)CC(=O)O. The predicted octanol–water partition coefficient (Wildman–Crippen LogP) is 3.97. The number of carbonyl (C=O) groups is 2. The van der Waals surface area contributed by atoms with Crippen LogP contribution in [0.3, 0.4) is 0 Å². The molecule has 21 heavy (non-hydrogen) atoms. The number of hydrogen-bond acceptors (Lipinski definition) is 2. The largest absolute Gasteiger partial charge is 0.481 e. The number of carbonyl (C=O) groups excluding carboxylic acids is 1. The van der Waals surface area contributed by atoms with Crippen LogP contribution in [0.5, 0.6) is 0 Å². The highest BCUT2D eigenvalue weighted by Crippen LogP contribution is 2.21. The summed E-state index contributed by atoms with van der Waals surface area (Å²) in [5.74, 6) is -0.809. The van der Waals surface area contributed by atoms with Gasteiger partial charge in [-0.2, -0.15) is 0 Å². The Morgan fingerprint density at radius 2 is 2.05 bits per heavy atom. The van der Waals surface area contributed by atoms with Crippen molar-refractivity contribution in [1.82, 2.24) is 5.32 Å². The smallest absolute Gasteiger partial charge is 0.303 e. The van der Waals surface area contributed by atoms with Gasteiger partial charge in [0.05, 0.1) is 5.56 Å². The fraction of sp³-hybridized carbons (Fsp3) is 0.467. The van der Waals surface area contributed by atoms with Crippen LogP contribution in [0, 0.1) is 11.8 Å². The van der Waals surface area contributed by atoms with Crippen LogP contribution >= 0.6 is 27.5 Å². The zero-order chi connectivity index (χ0) is 16.0. The van der Waals surface area contributed by atoms with Gasteiger partial charge in [-0.15, -0.1) is 0 Å². The molecule has 0 saturated carbocycles. The Hall–Kier alpha value is -1.07. The Labute approximate surface area is 138 Å². The van der Waals surface area contributed by atoms with E-state index in [1.165, 1.54) is 0 Å². The molecule has 0 bridgehead atoms. The molecule has 0 aliphatic rings. The van der Waals surface area contributed by atoms with Crippen LogP contribution in [-0.2, 0) is 4.79 Å². The van der Waals surface area contributed by atoms with E-state index in [2.05, 4.69) is 21.2 Å². The number of aliphatic carboxylic acids is 1. The Morgan fingerprint density at radius 3 is 2.62 bits per heavy atom. The molecule has 0 spiro atoms. The minimum atomic E-state index is -0.848. The number of rotatable bonds is 7. The maximum atomic E-state index is 12.1. The van der Waals surface area contributed by atoms with Crippen molar-refractivity contribution >= 4 is 39.4 Å². The fourth-order valence-corrected chi connectivity index (χ4v) is 2.76. The van der Waals surface area contributed by atoms with Crippen LogP contribution in [-0.4, -0.2) is 23.5 Å². The van der Waals surface area contributed by atoms with Crippen LogP contribution in [0.1, 0.15) is 37.0 Å². The van der Waals surface area contributed by atoms with E-state index >= 15 is 0 Å². The molecule has 1 aromatic rings. The van der Waals surface area contributed by atoms with Crippen LogP contribution in [0.15, 0.2) is 22.7 Å². The highest BCUT2D eigenvalue weighted by molar-refractivity contribution is 9.10. The molecule has 1 atom stereocenters. The maximum absolute atomic E-state index is 12.1. The second-order valence-corrected chi connectivity index (χ2v) is 6.72. The van der Waals surface area contributed by atoms with Crippen molar-refractivity contribution in [3.05, 3.63) is 33.3 Å². The Balaban J connectivity index is 2.68. The molecule has 0 unspecified atom stereocenters. The van der Waals surface area contributed by atoms with Crippen molar-refractivity contribution in [2.24, 2.45) is 11.8 Å². The molecule has 116 valence electrons.